The van der Waals surface area contributed by atoms with Gasteiger partial charge in [0, 0.05) is 41.9 Å². The third-order valence-electron chi connectivity index (χ3n) is 3.48. The third-order valence-corrected chi connectivity index (χ3v) is 5.74. The summed E-state index contributed by atoms with van der Waals surface area (Å²) >= 11 is 5.96. The van der Waals surface area contributed by atoms with Gasteiger partial charge in [0.25, 0.3) is 0 Å². The fourth-order valence-electron chi connectivity index (χ4n) is 2.34. The van der Waals surface area contributed by atoms with Crippen molar-refractivity contribution in [1.29, 1.82) is 0 Å². The lowest BCUT2D eigenvalue weighted by atomic mass is 10.2. The van der Waals surface area contributed by atoms with Crippen LogP contribution in [-0.4, -0.2) is 43.1 Å². The van der Waals surface area contributed by atoms with Gasteiger partial charge in [-0.05, 0) is 24.3 Å². The Kier molecular flexibility index (Phi) is 5.61. The van der Waals surface area contributed by atoms with Gasteiger partial charge < -0.3 is 5.32 Å². The number of halogens is 1. The van der Waals surface area contributed by atoms with Gasteiger partial charge in [0.1, 0.15) is 0 Å². The van der Waals surface area contributed by atoms with E-state index < -0.39 is 10.0 Å². The number of sulfonamides is 1. The Morgan fingerprint density at radius 3 is 2.64 bits per heavy atom. The van der Waals surface area contributed by atoms with Crippen molar-refractivity contribution < 1.29 is 8.42 Å². The normalized spacial score (nSPS) is 12.0. The van der Waals surface area contributed by atoms with Crippen LogP contribution in [0.5, 0.6) is 0 Å². The summed E-state index contributed by atoms with van der Waals surface area (Å²) in [6.07, 6.45) is 1.68. The molecule has 1 heterocycles. The van der Waals surface area contributed by atoms with Crippen LogP contribution in [-0.2, 0) is 10.0 Å². The monoisotopic (exact) mass is 341 g/mol. The van der Waals surface area contributed by atoms with Crippen LogP contribution in [0.2, 0.25) is 5.02 Å². The van der Waals surface area contributed by atoms with Crippen molar-refractivity contribution in [3.8, 4) is 0 Å². The van der Waals surface area contributed by atoms with E-state index in [0.717, 1.165) is 16.6 Å². The van der Waals surface area contributed by atoms with Crippen LogP contribution < -0.4 is 5.32 Å². The lowest BCUT2D eigenvalue weighted by Crippen LogP contribution is -2.34. The molecule has 1 N–H and O–H groups in total. The van der Waals surface area contributed by atoms with E-state index in [1.807, 2.05) is 26.0 Å². The molecule has 0 fully saturated rings. The van der Waals surface area contributed by atoms with E-state index in [1.54, 1.807) is 18.3 Å². The van der Waals surface area contributed by atoms with Crippen LogP contribution in [0.25, 0.3) is 10.9 Å². The van der Waals surface area contributed by atoms with E-state index in [2.05, 4.69) is 10.3 Å². The first-order chi connectivity index (χ1) is 10.5. The molecule has 0 aliphatic rings. The summed E-state index contributed by atoms with van der Waals surface area (Å²) in [5.74, 6) is 0.0616. The van der Waals surface area contributed by atoms with Crippen LogP contribution >= 0.6 is 11.6 Å². The van der Waals surface area contributed by atoms with Gasteiger partial charge in [-0.2, -0.15) is 0 Å². The van der Waals surface area contributed by atoms with Crippen molar-refractivity contribution in [3.05, 3.63) is 35.5 Å². The van der Waals surface area contributed by atoms with E-state index in [0.29, 0.717) is 24.7 Å². The highest BCUT2D eigenvalue weighted by molar-refractivity contribution is 7.89. The summed E-state index contributed by atoms with van der Waals surface area (Å²) in [6.45, 7) is 5.02. The highest BCUT2D eigenvalue weighted by Gasteiger charge is 2.18. The zero-order valence-corrected chi connectivity index (χ0v) is 14.3. The maximum absolute atomic E-state index is 12.1. The number of fused-ring (bicyclic) bond motifs is 1. The largest absolute Gasteiger partial charge is 0.383 e. The van der Waals surface area contributed by atoms with Gasteiger partial charge >= 0.3 is 0 Å². The van der Waals surface area contributed by atoms with E-state index in [-0.39, 0.29) is 5.75 Å². The number of benzene rings is 1. The number of rotatable bonds is 7. The minimum Gasteiger partial charge on any atom is -0.383 e. The quantitative estimate of drug-likeness (QED) is 0.841. The van der Waals surface area contributed by atoms with Crippen molar-refractivity contribution in [2.45, 2.75) is 13.8 Å². The molecule has 0 spiro atoms. The molecule has 1 aromatic carbocycles. The zero-order chi connectivity index (χ0) is 16.2. The SMILES string of the molecule is CCN(CC)S(=O)(=O)CCNc1ccnc2cc(Cl)ccc12. The Hall–Kier alpha value is -1.37. The molecule has 1 aromatic heterocycles. The molecule has 0 atom stereocenters. The van der Waals surface area contributed by atoms with Gasteiger partial charge in [-0.3, -0.25) is 4.98 Å². The van der Waals surface area contributed by atoms with Gasteiger partial charge in [0.2, 0.25) is 10.0 Å². The van der Waals surface area contributed by atoms with Crippen LogP contribution in [0, 0.1) is 0 Å². The number of hydrogen-bond acceptors (Lipinski definition) is 4. The maximum Gasteiger partial charge on any atom is 0.215 e. The summed E-state index contributed by atoms with van der Waals surface area (Å²) in [7, 11) is -3.22. The van der Waals surface area contributed by atoms with Gasteiger partial charge in [-0.1, -0.05) is 25.4 Å². The smallest absolute Gasteiger partial charge is 0.215 e. The van der Waals surface area contributed by atoms with E-state index >= 15 is 0 Å². The summed E-state index contributed by atoms with van der Waals surface area (Å²) < 4.78 is 25.8. The second kappa shape index (κ2) is 7.26. The topological polar surface area (TPSA) is 62.3 Å². The lowest BCUT2D eigenvalue weighted by molar-refractivity contribution is 0.446. The van der Waals surface area contributed by atoms with Crippen LogP contribution in [0.1, 0.15) is 13.8 Å². The van der Waals surface area contributed by atoms with Crippen molar-refractivity contribution in [2.75, 3.05) is 30.7 Å². The molecule has 0 saturated carbocycles. The zero-order valence-electron chi connectivity index (χ0n) is 12.7. The number of anilines is 1. The molecule has 0 bridgehead atoms. The predicted molar refractivity (Wildman–Crippen MR) is 92.0 cm³/mol. The molecule has 5 nitrogen and oxygen atoms in total. The first-order valence-corrected chi connectivity index (χ1v) is 9.22. The Labute approximate surface area is 136 Å². The van der Waals surface area contributed by atoms with E-state index in [9.17, 15) is 8.42 Å². The van der Waals surface area contributed by atoms with Crippen molar-refractivity contribution in [3.63, 3.8) is 0 Å². The van der Waals surface area contributed by atoms with Crippen LogP contribution in [0.4, 0.5) is 5.69 Å². The lowest BCUT2D eigenvalue weighted by Gasteiger charge is -2.18. The minimum atomic E-state index is -3.22. The molecule has 0 aliphatic carbocycles. The number of nitrogens with zero attached hydrogens (tertiary/aromatic N) is 2. The van der Waals surface area contributed by atoms with E-state index in [4.69, 9.17) is 11.6 Å². The molecule has 0 aliphatic heterocycles. The predicted octanol–water partition coefficient (Wildman–Crippen LogP) is 2.97. The summed E-state index contributed by atoms with van der Waals surface area (Å²) in [4.78, 5) is 4.26. The summed E-state index contributed by atoms with van der Waals surface area (Å²) in [5, 5.41) is 4.73. The molecular weight excluding hydrogens is 322 g/mol. The molecule has 0 amide bonds. The van der Waals surface area contributed by atoms with Crippen molar-refractivity contribution >= 4 is 38.2 Å². The van der Waals surface area contributed by atoms with E-state index in [1.165, 1.54) is 4.31 Å². The molecule has 0 unspecified atom stereocenters. The van der Waals surface area contributed by atoms with Gasteiger partial charge in [0.15, 0.2) is 0 Å². The second-order valence-electron chi connectivity index (χ2n) is 4.85. The minimum absolute atomic E-state index is 0.0616. The van der Waals surface area contributed by atoms with Gasteiger partial charge in [-0.15, -0.1) is 0 Å². The fourth-order valence-corrected chi connectivity index (χ4v) is 3.91. The molecule has 2 aromatic rings. The fraction of sp³-hybridized carbons (Fsp3) is 0.400. The first kappa shape index (κ1) is 17.0. The summed E-state index contributed by atoms with van der Waals surface area (Å²) in [6, 6.07) is 7.30. The number of aromatic nitrogens is 1. The van der Waals surface area contributed by atoms with Gasteiger partial charge in [-0.25, -0.2) is 12.7 Å². The maximum atomic E-state index is 12.1. The number of hydrogen-bond donors (Lipinski definition) is 1. The average molecular weight is 342 g/mol. The highest BCUT2D eigenvalue weighted by Crippen LogP contribution is 2.24. The molecule has 2 rings (SSSR count). The van der Waals surface area contributed by atoms with Crippen LogP contribution in [0.15, 0.2) is 30.5 Å². The Morgan fingerprint density at radius 2 is 1.95 bits per heavy atom. The average Bonchev–Trinajstić information content (AvgIpc) is 2.47. The molecular formula is C15H20ClN3O2S. The molecule has 0 radical (unpaired) electrons. The number of pyridine rings is 1. The van der Waals surface area contributed by atoms with Crippen molar-refractivity contribution in [1.82, 2.24) is 9.29 Å². The Morgan fingerprint density at radius 1 is 1.23 bits per heavy atom. The third kappa shape index (κ3) is 3.88. The van der Waals surface area contributed by atoms with Crippen LogP contribution in [0.3, 0.4) is 0 Å². The Bertz CT molecular complexity index is 746. The molecule has 7 heteroatoms. The standard InChI is InChI=1S/C15H20ClN3O2S/c1-3-19(4-2)22(20,21)10-9-18-14-7-8-17-15-11-12(16)5-6-13(14)15/h5-8,11H,3-4,9-10H2,1-2H3,(H,17,18). The molecule has 120 valence electrons. The Balaban J connectivity index is 2.10. The molecule has 22 heavy (non-hydrogen) atoms. The van der Waals surface area contributed by atoms with Crippen molar-refractivity contribution in [2.24, 2.45) is 0 Å². The second-order valence-corrected chi connectivity index (χ2v) is 7.37. The number of nitrogens with one attached hydrogen (secondary N) is 1. The van der Waals surface area contributed by atoms with Gasteiger partial charge in [0.05, 0.1) is 11.3 Å². The highest BCUT2D eigenvalue weighted by atomic mass is 35.5. The summed E-state index contributed by atoms with van der Waals surface area (Å²) in [5.41, 5.74) is 1.64. The molecule has 0 saturated heterocycles. The first-order valence-electron chi connectivity index (χ1n) is 7.24.